The Morgan fingerprint density at radius 2 is 1.69 bits per heavy atom. The van der Waals surface area contributed by atoms with E-state index in [1.807, 2.05) is 0 Å². The number of methoxy groups -OCH3 is 2. The number of carbonyl (C=O) groups excluding carboxylic acids is 2. The van der Waals surface area contributed by atoms with Crippen LogP contribution >= 0.6 is 0 Å². The second-order valence-corrected chi connectivity index (χ2v) is 8.24. The Hall–Kier alpha value is -3.07. The molecule has 2 aromatic carbocycles. The molecular weight excluding hydrogens is 398 g/mol. The van der Waals surface area contributed by atoms with Gasteiger partial charge >= 0.3 is 5.97 Å². The van der Waals surface area contributed by atoms with Gasteiger partial charge in [-0.1, -0.05) is 12.1 Å². The Labute approximate surface area is 169 Å². The zero-order valence-corrected chi connectivity index (χ0v) is 17.0. The van der Waals surface area contributed by atoms with Gasteiger partial charge in [0, 0.05) is 0 Å². The molecule has 0 radical (unpaired) electrons. The zero-order valence-electron chi connectivity index (χ0n) is 16.2. The van der Waals surface area contributed by atoms with E-state index in [0.29, 0.717) is 22.7 Å². The lowest BCUT2D eigenvalue weighted by atomic mass is 10.2. The third-order valence-electron chi connectivity index (χ3n) is 3.88. The number of esters is 1. The minimum atomic E-state index is -3.59. The lowest BCUT2D eigenvalue weighted by Gasteiger charge is -2.10. The second kappa shape index (κ2) is 10.5. The summed E-state index contributed by atoms with van der Waals surface area (Å²) in [6.07, 6.45) is 0.225. The third kappa shape index (κ3) is 7.11. The van der Waals surface area contributed by atoms with Crippen LogP contribution < -0.4 is 14.8 Å². The number of anilines is 1. The summed E-state index contributed by atoms with van der Waals surface area (Å²) in [5, 5.41) is 2.54. The quantitative estimate of drug-likeness (QED) is 0.463. The average molecular weight is 421 g/mol. The fraction of sp³-hybridized carbons (Fsp3) is 0.300. The zero-order chi connectivity index (χ0) is 21.3. The van der Waals surface area contributed by atoms with Crippen molar-refractivity contribution in [3.63, 3.8) is 0 Å². The highest BCUT2D eigenvalue weighted by atomic mass is 32.2. The molecule has 0 spiro atoms. The van der Waals surface area contributed by atoms with Gasteiger partial charge in [-0.25, -0.2) is 13.2 Å². The summed E-state index contributed by atoms with van der Waals surface area (Å²) in [6.45, 7) is 0.158. The molecule has 29 heavy (non-hydrogen) atoms. The summed E-state index contributed by atoms with van der Waals surface area (Å²) in [5.74, 6) is -0.942. The lowest BCUT2D eigenvalue weighted by Crippen LogP contribution is -2.25. The van der Waals surface area contributed by atoms with Gasteiger partial charge in [-0.2, -0.15) is 0 Å². The minimum Gasteiger partial charge on any atom is -0.495 e. The number of amides is 1. The van der Waals surface area contributed by atoms with Gasteiger partial charge < -0.3 is 19.5 Å². The van der Waals surface area contributed by atoms with Crippen LogP contribution in [0, 0.1) is 0 Å². The summed E-state index contributed by atoms with van der Waals surface area (Å²) in [6, 6.07) is 13.1. The molecule has 0 bridgehead atoms. The fourth-order valence-corrected chi connectivity index (χ4v) is 3.65. The van der Waals surface area contributed by atoms with Crippen LogP contribution in [0.25, 0.3) is 0 Å². The predicted octanol–water partition coefficient (Wildman–Crippen LogP) is 2.30. The number of sulfone groups is 1. The minimum absolute atomic E-state index is 0.158. The Kier molecular flexibility index (Phi) is 8.02. The molecule has 156 valence electrons. The van der Waals surface area contributed by atoms with Crippen LogP contribution in [0.4, 0.5) is 5.69 Å². The molecule has 2 rings (SSSR count). The SMILES string of the molecule is COC(=O)c1ccc(OCCCS(=O)(=O)CC(=O)Nc2ccccc2OC)cc1. The highest BCUT2D eigenvalue weighted by molar-refractivity contribution is 7.92. The molecule has 0 aliphatic heterocycles. The van der Waals surface area contributed by atoms with Crippen molar-refractivity contribution in [1.29, 1.82) is 0 Å². The van der Waals surface area contributed by atoms with Crippen LogP contribution in [-0.4, -0.2) is 52.6 Å². The van der Waals surface area contributed by atoms with Crippen molar-refractivity contribution in [3.05, 3.63) is 54.1 Å². The first-order valence-electron chi connectivity index (χ1n) is 8.79. The molecule has 9 heteroatoms. The van der Waals surface area contributed by atoms with Crippen molar-refractivity contribution in [2.45, 2.75) is 6.42 Å². The molecule has 0 saturated carbocycles. The normalized spacial score (nSPS) is 10.8. The Morgan fingerprint density at radius 3 is 2.34 bits per heavy atom. The van der Waals surface area contributed by atoms with Crippen molar-refractivity contribution in [2.75, 3.05) is 37.6 Å². The lowest BCUT2D eigenvalue weighted by molar-refractivity contribution is -0.113. The van der Waals surface area contributed by atoms with E-state index < -0.39 is 27.5 Å². The Balaban J connectivity index is 1.78. The number of rotatable bonds is 10. The number of hydrogen-bond donors (Lipinski definition) is 1. The van der Waals surface area contributed by atoms with Gasteiger partial charge in [0.15, 0.2) is 9.84 Å². The van der Waals surface area contributed by atoms with Crippen molar-refractivity contribution in [1.82, 2.24) is 0 Å². The number of benzene rings is 2. The van der Waals surface area contributed by atoms with Crippen molar-refractivity contribution < 1.29 is 32.2 Å². The van der Waals surface area contributed by atoms with Crippen LogP contribution in [0.5, 0.6) is 11.5 Å². The molecule has 1 amide bonds. The highest BCUT2D eigenvalue weighted by Crippen LogP contribution is 2.23. The molecule has 0 unspecified atom stereocenters. The van der Waals surface area contributed by atoms with E-state index >= 15 is 0 Å². The number of para-hydroxylation sites is 2. The Bertz CT molecular complexity index is 940. The van der Waals surface area contributed by atoms with Crippen LogP contribution in [0.15, 0.2) is 48.5 Å². The van der Waals surface area contributed by atoms with Crippen LogP contribution in [0.1, 0.15) is 16.8 Å². The van der Waals surface area contributed by atoms with E-state index in [0.717, 1.165) is 0 Å². The first-order valence-corrected chi connectivity index (χ1v) is 10.6. The number of carbonyl (C=O) groups is 2. The standard InChI is InChI=1S/C20H23NO7S/c1-26-18-7-4-3-6-17(18)21-19(22)14-29(24,25)13-5-12-28-16-10-8-15(9-11-16)20(23)27-2/h3-4,6-11H,5,12-14H2,1-2H3,(H,21,22). The maximum atomic E-state index is 12.2. The molecule has 0 saturated heterocycles. The molecule has 0 heterocycles. The largest absolute Gasteiger partial charge is 0.495 e. The van der Waals surface area contributed by atoms with E-state index in [4.69, 9.17) is 9.47 Å². The second-order valence-electron chi connectivity index (χ2n) is 6.06. The van der Waals surface area contributed by atoms with Crippen molar-refractivity contribution >= 4 is 27.4 Å². The predicted molar refractivity (Wildman–Crippen MR) is 108 cm³/mol. The number of hydrogen-bond acceptors (Lipinski definition) is 7. The molecular formula is C20H23NO7S. The maximum Gasteiger partial charge on any atom is 0.337 e. The highest BCUT2D eigenvalue weighted by Gasteiger charge is 2.17. The van der Waals surface area contributed by atoms with E-state index in [9.17, 15) is 18.0 Å². The van der Waals surface area contributed by atoms with Gasteiger partial charge in [0.2, 0.25) is 5.91 Å². The van der Waals surface area contributed by atoms with Crippen molar-refractivity contribution in [3.8, 4) is 11.5 Å². The summed E-state index contributed by atoms with van der Waals surface area (Å²) in [4.78, 5) is 23.4. The first kappa shape index (κ1) is 22.2. The van der Waals surface area contributed by atoms with Gasteiger partial charge in [-0.3, -0.25) is 4.79 Å². The van der Waals surface area contributed by atoms with Gasteiger partial charge in [0.25, 0.3) is 0 Å². The smallest absolute Gasteiger partial charge is 0.337 e. The molecule has 0 atom stereocenters. The number of nitrogens with one attached hydrogen (secondary N) is 1. The summed E-state index contributed by atoms with van der Waals surface area (Å²) >= 11 is 0. The van der Waals surface area contributed by atoms with E-state index in [-0.39, 0.29) is 18.8 Å². The monoisotopic (exact) mass is 421 g/mol. The third-order valence-corrected chi connectivity index (χ3v) is 5.49. The fourth-order valence-electron chi connectivity index (χ4n) is 2.48. The summed E-state index contributed by atoms with van der Waals surface area (Å²) in [7, 11) is -0.832. The molecule has 8 nitrogen and oxygen atoms in total. The average Bonchev–Trinajstić information content (AvgIpc) is 2.71. The van der Waals surface area contributed by atoms with Crippen LogP contribution in [0.3, 0.4) is 0 Å². The topological polar surface area (TPSA) is 108 Å². The van der Waals surface area contributed by atoms with Gasteiger partial charge in [-0.05, 0) is 42.8 Å². The van der Waals surface area contributed by atoms with Crippen LogP contribution in [0.2, 0.25) is 0 Å². The molecule has 2 aromatic rings. The van der Waals surface area contributed by atoms with Crippen LogP contribution in [-0.2, 0) is 19.4 Å². The molecule has 0 aliphatic carbocycles. The van der Waals surface area contributed by atoms with E-state index in [1.54, 1.807) is 48.5 Å². The molecule has 0 fully saturated rings. The first-order chi connectivity index (χ1) is 13.8. The van der Waals surface area contributed by atoms with E-state index in [1.165, 1.54) is 14.2 Å². The Morgan fingerprint density at radius 1 is 1.00 bits per heavy atom. The molecule has 0 aliphatic rings. The van der Waals surface area contributed by atoms with Gasteiger partial charge in [0.05, 0.1) is 37.8 Å². The summed E-state index contributed by atoms with van der Waals surface area (Å²) in [5.41, 5.74) is 0.803. The summed E-state index contributed by atoms with van der Waals surface area (Å²) < 4.78 is 39.5. The van der Waals surface area contributed by atoms with Crippen molar-refractivity contribution in [2.24, 2.45) is 0 Å². The number of ether oxygens (including phenoxy) is 3. The van der Waals surface area contributed by atoms with Gasteiger partial charge in [0.1, 0.15) is 17.3 Å². The maximum absolute atomic E-state index is 12.2. The van der Waals surface area contributed by atoms with Gasteiger partial charge in [-0.15, -0.1) is 0 Å². The molecule has 1 N–H and O–H groups in total. The van der Waals surface area contributed by atoms with E-state index in [2.05, 4.69) is 10.1 Å². The molecule has 0 aromatic heterocycles.